The highest BCUT2D eigenvalue weighted by Crippen LogP contribution is 2.39. The summed E-state index contributed by atoms with van der Waals surface area (Å²) in [6.07, 6.45) is 3.14. The zero-order valence-electron chi connectivity index (χ0n) is 19.3. The molecule has 0 atom stereocenters. The third kappa shape index (κ3) is 5.08. The van der Waals surface area contributed by atoms with E-state index in [9.17, 15) is 14.7 Å². The van der Waals surface area contributed by atoms with Gasteiger partial charge in [0, 0.05) is 29.6 Å². The first-order valence-electron chi connectivity index (χ1n) is 11.4. The summed E-state index contributed by atoms with van der Waals surface area (Å²) in [5.74, 6) is 0.0381. The second-order valence-electron chi connectivity index (χ2n) is 9.02. The summed E-state index contributed by atoms with van der Waals surface area (Å²) in [7, 11) is 0. The molecule has 1 fully saturated rings. The Morgan fingerprint density at radius 1 is 1.15 bits per heavy atom. The molecule has 1 aliphatic rings. The lowest BCUT2D eigenvalue weighted by molar-refractivity contribution is -0.118. The van der Waals surface area contributed by atoms with Crippen LogP contribution in [-0.2, 0) is 11.3 Å². The van der Waals surface area contributed by atoms with Crippen molar-refractivity contribution in [2.45, 2.75) is 52.5 Å². The fourth-order valence-electron chi connectivity index (χ4n) is 3.86. The fourth-order valence-corrected chi connectivity index (χ4v) is 3.86. The number of phenolic OH excluding ortho intramolecular Hbond substituents is 1. The molecule has 3 aromatic rings. The van der Waals surface area contributed by atoms with Gasteiger partial charge in [-0.1, -0.05) is 50.1 Å². The SMILES string of the molecule is Cc1cccc(CNC(=O)n2nc(-c3cc(NC(=O)C(C)C)ccc3O)cc2C2CCC2)c1. The number of benzene rings is 2. The van der Waals surface area contributed by atoms with Gasteiger partial charge in [0.05, 0.1) is 11.4 Å². The molecule has 0 aliphatic heterocycles. The lowest BCUT2D eigenvalue weighted by Crippen LogP contribution is -2.31. The second-order valence-corrected chi connectivity index (χ2v) is 9.02. The molecule has 0 saturated heterocycles. The monoisotopic (exact) mass is 446 g/mol. The summed E-state index contributed by atoms with van der Waals surface area (Å²) < 4.78 is 1.42. The average molecular weight is 447 g/mol. The number of amides is 2. The molecule has 4 rings (SSSR count). The Labute approximate surface area is 193 Å². The van der Waals surface area contributed by atoms with Gasteiger partial charge >= 0.3 is 6.03 Å². The molecule has 0 radical (unpaired) electrons. The Bertz CT molecular complexity index is 1180. The maximum atomic E-state index is 13.1. The van der Waals surface area contributed by atoms with E-state index >= 15 is 0 Å². The van der Waals surface area contributed by atoms with E-state index in [0.29, 0.717) is 23.5 Å². The van der Waals surface area contributed by atoms with Crippen molar-refractivity contribution in [2.75, 3.05) is 5.32 Å². The van der Waals surface area contributed by atoms with Crippen molar-refractivity contribution < 1.29 is 14.7 Å². The van der Waals surface area contributed by atoms with Crippen LogP contribution in [0.2, 0.25) is 0 Å². The second kappa shape index (κ2) is 9.48. The summed E-state index contributed by atoms with van der Waals surface area (Å²) >= 11 is 0. The van der Waals surface area contributed by atoms with E-state index in [1.807, 2.05) is 51.1 Å². The minimum atomic E-state index is -0.298. The smallest absolute Gasteiger partial charge is 0.342 e. The molecule has 2 aromatic carbocycles. The van der Waals surface area contributed by atoms with Gasteiger partial charge in [0.2, 0.25) is 5.91 Å². The molecule has 0 spiro atoms. The lowest BCUT2D eigenvalue weighted by Gasteiger charge is -2.25. The molecule has 7 nitrogen and oxygen atoms in total. The van der Waals surface area contributed by atoms with E-state index in [0.717, 1.165) is 36.1 Å². The van der Waals surface area contributed by atoms with Crippen LogP contribution in [0.1, 0.15) is 55.8 Å². The maximum Gasteiger partial charge on any atom is 0.342 e. The molecule has 3 N–H and O–H groups in total. The van der Waals surface area contributed by atoms with Crippen molar-refractivity contribution in [1.29, 1.82) is 0 Å². The van der Waals surface area contributed by atoms with Crippen molar-refractivity contribution >= 4 is 17.6 Å². The Morgan fingerprint density at radius 2 is 1.94 bits per heavy atom. The van der Waals surface area contributed by atoms with Crippen LogP contribution in [0.4, 0.5) is 10.5 Å². The number of nitrogens with one attached hydrogen (secondary N) is 2. The Balaban J connectivity index is 1.61. The van der Waals surface area contributed by atoms with Crippen molar-refractivity contribution in [1.82, 2.24) is 15.1 Å². The molecule has 33 heavy (non-hydrogen) atoms. The highest BCUT2D eigenvalue weighted by atomic mass is 16.3. The van der Waals surface area contributed by atoms with Gasteiger partial charge in [-0.3, -0.25) is 4.79 Å². The summed E-state index contributed by atoms with van der Waals surface area (Å²) in [4.78, 5) is 25.1. The zero-order valence-corrected chi connectivity index (χ0v) is 19.3. The number of aromatic nitrogens is 2. The van der Waals surface area contributed by atoms with Gasteiger partial charge in [-0.25, -0.2) is 4.79 Å². The van der Waals surface area contributed by atoms with Crippen LogP contribution in [0, 0.1) is 12.8 Å². The van der Waals surface area contributed by atoms with Gasteiger partial charge in [-0.05, 0) is 49.6 Å². The summed E-state index contributed by atoms with van der Waals surface area (Å²) in [6, 6.07) is 14.5. The first-order chi connectivity index (χ1) is 15.8. The first-order valence-corrected chi connectivity index (χ1v) is 11.4. The number of nitrogens with zero attached hydrogens (tertiary/aromatic N) is 2. The van der Waals surface area contributed by atoms with Crippen LogP contribution in [0.25, 0.3) is 11.3 Å². The van der Waals surface area contributed by atoms with Gasteiger partial charge in [-0.2, -0.15) is 9.78 Å². The third-order valence-corrected chi connectivity index (χ3v) is 6.04. The van der Waals surface area contributed by atoms with E-state index < -0.39 is 0 Å². The molecule has 1 aliphatic carbocycles. The zero-order chi connectivity index (χ0) is 23.5. The molecule has 0 bridgehead atoms. The molecule has 1 aromatic heterocycles. The Morgan fingerprint density at radius 3 is 2.61 bits per heavy atom. The van der Waals surface area contributed by atoms with Gasteiger partial charge < -0.3 is 15.7 Å². The number of phenols is 1. The van der Waals surface area contributed by atoms with E-state index in [4.69, 9.17) is 0 Å². The summed E-state index contributed by atoms with van der Waals surface area (Å²) in [5.41, 5.74) is 4.55. The van der Waals surface area contributed by atoms with Crippen LogP contribution in [0.15, 0.2) is 48.5 Å². The Hall–Kier alpha value is -3.61. The molecule has 2 amide bonds. The highest BCUT2D eigenvalue weighted by molar-refractivity contribution is 5.93. The third-order valence-electron chi connectivity index (χ3n) is 6.04. The van der Waals surface area contributed by atoms with Gasteiger partial charge in [-0.15, -0.1) is 0 Å². The number of aromatic hydroxyl groups is 1. The van der Waals surface area contributed by atoms with E-state index in [1.165, 1.54) is 10.7 Å². The Kier molecular flexibility index (Phi) is 6.49. The average Bonchev–Trinajstić information content (AvgIpc) is 3.16. The van der Waals surface area contributed by atoms with Crippen molar-refractivity contribution in [2.24, 2.45) is 5.92 Å². The summed E-state index contributed by atoms with van der Waals surface area (Å²) in [5, 5.41) is 20.9. The van der Waals surface area contributed by atoms with Crippen LogP contribution in [-0.4, -0.2) is 26.8 Å². The van der Waals surface area contributed by atoms with Crippen molar-refractivity contribution in [3.8, 4) is 17.0 Å². The minimum absolute atomic E-state index is 0.0440. The molecule has 1 heterocycles. The number of anilines is 1. The van der Waals surface area contributed by atoms with Gasteiger partial charge in [0.15, 0.2) is 0 Å². The standard InChI is InChI=1S/C26H30N4O3/c1-16(2)25(32)28-20-10-11-24(31)21(13-20)22-14-23(19-8-5-9-19)30(29-22)26(33)27-15-18-7-4-6-17(3)12-18/h4,6-7,10-14,16,19,31H,5,8-9,15H2,1-3H3,(H,27,33)(H,28,32). The first kappa shape index (κ1) is 22.6. The van der Waals surface area contributed by atoms with Crippen molar-refractivity contribution in [3.05, 3.63) is 65.4 Å². The maximum absolute atomic E-state index is 13.1. The summed E-state index contributed by atoms with van der Waals surface area (Å²) in [6.45, 7) is 6.06. The molecular weight excluding hydrogens is 416 g/mol. The quantitative estimate of drug-likeness (QED) is 0.454. The number of rotatable bonds is 6. The van der Waals surface area contributed by atoms with Gasteiger partial charge in [0.1, 0.15) is 5.75 Å². The lowest BCUT2D eigenvalue weighted by atomic mass is 9.82. The number of carbonyl (C=O) groups excluding carboxylic acids is 2. The molecule has 1 saturated carbocycles. The number of hydrogen-bond acceptors (Lipinski definition) is 4. The topological polar surface area (TPSA) is 96.3 Å². The molecule has 7 heteroatoms. The highest BCUT2D eigenvalue weighted by Gasteiger charge is 2.27. The number of hydrogen-bond donors (Lipinski definition) is 3. The molecular formula is C26H30N4O3. The molecule has 0 unspecified atom stereocenters. The van der Waals surface area contributed by atoms with Crippen LogP contribution in [0.3, 0.4) is 0 Å². The number of aryl methyl sites for hydroxylation is 1. The van der Waals surface area contributed by atoms with E-state index in [1.54, 1.807) is 12.1 Å². The largest absolute Gasteiger partial charge is 0.507 e. The van der Waals surface area contributed by atoms with Crippen LogP contribution in [0.5, 0.6) is 5.75 Å². The van der Waals surface area contributed by atoms with E-state index in [-0.39, 0.29) is 29.5 Å². The van der Waals surface area contributed by atoms with Crippen LogP contribution < -0.4 is 10.6 Å². The molecule has 172 valence electrons. The predicted molar refractivity (Wildman–Crippen MR) is 128 cm³/mol. The number of carbonyl (C=O) groups is 2. The van der Waals surface area contributed by atoms with Gasteiger partial charge in [0.25, 0.3) is 0 Å². The minimum Gasteiger partial charge on any atom is -0.507 e. The van der Waals surface area contributed by atoms with E-state index in [2.05, 4.69) is 15.7 Å². The fraction of sp³-hybridized carbons (Fsp3) is 0.346. The van der Waals surface area contributed by atoms with Crippen LogP contribution >= 0.6 is 0 Å². The predicted octanol–water partition coefficient (Wildman–Crippen LogP) is 5.18. The normalized spacial score (nSPS) is 13.6. The van der Waals surface area contributed by atoms with Crippen molar-refractivity contribution in [3.63, 3.8) is 0 Å².